The molecule has 0 saturated carbocycles. The van der Waals surface area contributed by atoms with Crippen LogP contribution in [0.15, 0.2) is 49.1 Å². The first-order valence-electron chi connectivity index (χ1n) is 17.9. The Morgan fingerprint density at radius 2 is 1.17 bits per heavy atom. The van der Waals surface area contributed by atoms with Gasteiger partial charge >= 0.3 is 0 Å². The fraction of sp³-hybridized carbons (Fsp3) is 0.342. The summed E-state index contributed by atoms with van der Waals surface area (Å²) in [4.78, 5) is 30.1. The van der Waals surface area contributed by atoms with Gasteiger partial charge in [0.25, 0.3) is 0 Å². The molecule has 8 heterocycles. The Labute approximate surface area is 313 Å². The summed E-state index contributed by atoms with van der Waals surface area (Å²) in [6.45, 7) is 6.31. The van der Waals surface area contributed by atoms with Crippen LogP contribution in [0.3, 0.4) is 0 Å². The summed E-state index contributed by atoms with van der Waals surface area (Å²) in [5, 5.41) is 29.5. The second-order valence-electron chi connectivity index (χ2n) is 13.8. The smallest absolute Gasteiger partial charge is 0.160 e. The molecule has 2 saturated heterocycles. The summed E-state index contributed by atoms with van der Waals surface area (Å²) in [5.41, 5.74) is 7.02. The van der Waals surface area contributed by atoms with Crippen LogP contribution in [0.5, 0.6) is 0 Å². The summed E-state index contributed by atoms with van der Waals surface area (Å²) in [5.74, 6) is 2.43. The van der Waals surface area contributed by atoms with Crippen molar-refractivity contribution in [3.8, 4) is 28.8 Å². The first-order chi connectivity index (χ1) is 25.9. The third-order valence-corrected chi connectivity index (χ3v) is 12.2. The molecule has 2 aliphatic rings. The van der Waals surface area contributed by atoms with E-state index in [9.17, 15) is 5.26 Å². The van der Waals surface area contributed by atoms with Gasteiger partial charge in [0, 0.05) is 60.2 Å². The lowest BCUT2D eigenvalue weighted by Crippen LogP contribution is -2.26. The van der Waals surface area contributed by atoms with E-state index in [1.807, 2.05) is 49.5 Å². The minimum atomic E-state index is 0.505. The molecule has 2 N–H and O–H groups in total. The van der Waals surface area contributed by atoms with E-state index >= 15 is 0 Å². The van der Waals surface area contributed by atoms with Crippen LogP contribution in [0.2, 0.25) is 0 Å². The minimum absolute atomic E-state index is 0.505. The molecule has 6 aromatic heterocycles. The lowest BCUT2D eigenvalue weighted by Gasteiger charge is -2.20. The van der Waals surface area contributed by atoms with Crippen molar-refractivity contribution in [1.82, 2.24) is 60.1 Å². The SMILES string of the molecule is Cc1cc(-c2ncc3nc(C4CCNCC4)sc3n2)cc2cn(C)nc12.Cn1cc2cc(-c3ncc4nc(C5CCNCC5)sc4n3)cc(C#N)c2n1. The molecule has 0 amide bonds. The normalized spacial score (nSPS) is 15.7. The van der Waals surface area contributed by atoms with Gasteiger partial charge in [-0.3, -0.25) is 9.36 Å². The summed E-state index contributed by atoms with van der Waals surface area (Å²) in [6, 6.07) is 10.3. The molecule has 53 heavy (non-hydrogen) atoms. The number of aryl methyl sites for hydroxylation is 3. The van der Waals surface area contributed by atoms with Gasteiger partial charge in [-0.25, -0.2) is 29.9 Å². The molecule has 0 radical (unpaired) electrons. The van der Waals surface area contributed by atoms with Crippen LogP contribution >= 0.6 is 22.7 Å². The van der Waals surface area contributed by atoms with Crippen molar-refractivity contribution >= 4 is 65.2 Å². The van der Waals surface area contributed by atoms with E-state index in [-0.39, 0.29) is 0 Å². The first-order valence-corrected chi connectivity index (χ1v) is 19.5. The number of nitrogens with zero attached hydrogens (tertiary/aromatic N) is 11. The van der Waals surface area contributed by atoms with Gasteiger partial charge in [0.15, 0.2) is 11.6 Å². The summed E-state index contributed by atoms with van der Waals surface area (Å²) < 4.78 is 3.56. The van der Waals surface area contributed by atoms with Gasteiger partial charge in [0.1, 0.15) is 32.3 Å². The lowest BCUT2D eigenvalue weighted by molar-refractivity contribution is 0.459. The van der Waals surface area contributed by atoms with Gasteiger partial charge in [0.2, 0.25) is 0 Å². The molecule has 8 aromatic rings. The van der Waals surface area contributed by atoms with Gasteiger partial charge in [-0.05, 0) is 88.6 Å². The van der Waals surface area contributed by atoms with Crippen LogP contribution in [-0.4, -0.2) is 75.6 Å². The van der Waals surface area contributed by atoms with Crippen molar-refractivity contribution in [2.24, 2.45) is 14.1 Å². The van der Waals surface area contributed by atoms with Crippen molar-refractivity contribution in [2.75, 3.05) is 26.2 Å². The van der Waals surface area contributed by atoms with Crippen molar-refractivity contribution in [3.63, 3.8) is 0 Å². The van der Waals surface area contributed by atoms with Gasteiger partial charge in [-0.2, -0.15) is 15.5 Å². The third-order valence-electron chi connectivity index (χ3n) is 9.99. The number of rotatable bonds is 4. The Hall–Kier alpha value is -5.27. The second-order valence-corrected chi connectivity index (χ2v) is 15.8. The number of nitrogens with one attached hydrogen (secondary N) is 2. The number of piperidine rings is 2. The number of fused-ring (bicyclic) bond motifs is 4. The molecule has 2 aliphatic heterocycles. The zero-order valence-electron chi connectivity index (χ0n) is 29.7. The molecule has 0 atom stereocenters. The van der Waals surface area contributed by atoms with E-state index in [0.717, 1.165) is 116 Å². The fourth-order valence-corrected chi connectivity index (χ4v) is 9.46. The van der Waals surface area contributed by atoms with E-state index in [1.165, 1.54) is 5.01 Å². The molecule has 0 bridgehead atoms. The van der Waals surface area contributed by atoms with Gasteiger partial charge < -0.3 is 10.6 Å². The highest BCUT2D eigenvalue weighted by Gasteiger charge is 2.22. The van der Waals surface area contributed by atoms with E-state index in [1.54, 1.807) is 33.6 Å². The van der Waals surface area contributed by atoms with Crippen molar-refractivity contribution in [1.29, 1.82) is 5.26 Å². The maximum absolute atomic E-state index is 9.48. The third kappa shape index (κ3) is 6.63. The highest BCUT2D eigenvalue weighted by Crippen LogP contribution is 2.34. The Morgan fingerprint density at radius 3 is 1.70 bits per heavy atom. The fourth-order valence-electron chi connectivity index (χ4n) is 7.30. The highest BCUT2D eigenvalue weighted by atomic mass is 32.1. The van der Waals surface area contributed by atoms with E-state index in [0.29, 0.717) is 28.7 Å². The average molecular weight is 740 g/mol. The van der Waals surface area contributed by atoms with Gasteiger partial charge in [0.05, 0.1) is 33.5 Å². The van der Waals surface area contributed by atoms with E-state index < -0.39 is 0 Å². The predicted molar refractivity (Wildman–Crippen MR) is 209 cm³/mol. The Balaban J connectivity index is 0.000000141. The molecular formula is C38H37N13S2. The molecular weight excluding hydrogens is 703 g/mol. The Morgan fingerprint density at radius 1 is 0.679 bits per heavy atom. The summed E-state index contributed by atoms with van der Waals surface area (Å²) in [6.07, 6.45) is 12.1. The molecule has 13 nitrogen and oxygen atoms in total. The second kappa shape index (κ2) is 13.9. The zero-order valence-corrected chi connectivity index (χ0v) is 31.3. The molecule has 0 aliphatic carbocycles. The zero-order chi connectivity index (χ0) is 36.1. The Bertz CT molecular complexity index is 2670. The molecule has 0 spiro atoms. The highest BCUT2D eigenvalue weighted by molar-refractivity contribution is 7.18. The van der Waals surface area contributed by atoms with Crippen LogP contribution in [0.1, 0.15) is 58.7 Å². The standard InChI is InChI=1S/C19H17N7S.C19H20N6S/c1-26-10-14-7-12(6-13(8-20)16(14)25-26)17-22-9-15-19(24-17)27-18(23-15)11-2-4-21-5-3-11;1-11-7-13(8-14-10-25(2)24-16(11)14)17-21-9-15-19(23-17)26-18(22-15)12-3-5-20-6-4-12/h6-7,9-11,21H,2-5H2,1H3;7-10,12,20H,3-6H2,1-2H3. The number of hydrogen-bond acceptors (Lipinski definition) is 13. The quantitative estimate of drug-likeness (QED) is 0.206. The molecule has 10 rings (SSSR count). The lowest BCUT2D eigenvalue weighted by atomic mass is 9.99. The predicted octanol–water partition coefficient (Wildman–Crippen LogP) is 6.39. The van der Waals surface area contributed by atoms with Crippen LogP contribution < -0.4 is 10.6 Å². The maximum atomic E-state index is 9.48. The van der Waals surface area contributed by atoms with Crippen molar-refractivity contribution in [2.45, 2.75) is 44.4 Å². The van der Waals surface area contributed by atoms with Crippen LogP contribution in [0.4, 0.5) is 0 Å². The van der Waals surface area contributed by atoms with Crippen LogP contribution in [-0.2, 0) is 14.1 Å². The van der Waals surface area contributed by atoms with Crippen LogP contribution in [0.25, 0.3) is 65.3 Å². The average Bonchev–Trinajstić information content (AvgIpc) is 3.98. The first kappa shape index (κ1) is 33.6. The molecule has 2 fully saturated rings. The molecule has 0 unspecified atom stereocenters. The molecule has 266 valence electrons. The largest absolute Gasteiger partial charge is 0.317 e. The summed E-state index contributed by atoms with van der Waals surface area (Å²) >= 11 is 3.38. The molecule has 15 heteroatoms. The number of aromatic nitrogens is 10. The minimum Gasteiger partial charge on any atom is -0.317 e. The number of nitriles is 1. The van der Waals surface area contributed by atoms with E-state index in [2.05, 4.69) is 55.9 Å². The number of thiazole rings is 2. The van der Waals surface area contributed by atoms with Crippen molar-refractivity contribution in [3.05, 3.63) is 70.2 Å². The monoisotopic (exact) mass is 739 g/mol. The topological polar surface area (TPSA) is 161 Å². The van der Waals surface area contributed by atoms with Crippen molar-refractivity contribution < 1.29 is 0 Å². The molecule has 2 aromatic carbocycles. The summed E-state index contributed by atoms with van der Waals surface area (Å²) in [7, 11) is 3.80. The van der Waals surface area contributed by atoms with Gasteiger partial charge in [-0.15, -0.1) is 0 Å². The number of hydrogen-bond donors (Lipinski definition) is 2. The van der Waals surface area contributed by atoms with Crippen LogP contribution in [0, 0.1) is 18.3 Å². The number of benzene rings is 2. The maximum Gasteiger partial charge on any atom is 0.160 e. The Kier molecular flexibility index (Phi) is 8.83. The van der Waals surface area contributed by atoms with Gasteiger partial charge in [-0.1, -0.05) is 22.7 Å². The van der Waals surface area contributed by atoms with E-state index in [4.69, 9.17) is 19.9 Å².